The molecule has 24 heavy (non-hydrogen) atoms. The Kier molecular flexibility index (Phi) is 4.70. The summed E-state index contributed by atoms with van der Waals surface area (Å²) in [6.45, 7) is 4.15. The van der Waals surface area contributed by atoms with Gasteiger partial charge in [0.1, 0.15) is 0 Å². The highest BCUT2D eigenvalue weighted by Crippen LogP contribution is 2.22. The van der Waals surface area contributed by atoms with Gasteiger partial charge in [-0.3, -0.25) is 0 Å². The molecular weight excluding hydrogens is 302 g/mol. The van der Waals surface area contributed by atoms with E-state index in [0.717, 1.165) is 17.6 Å². The SMILES string of the molecule is CCOC(=O)c1nc2ccccc2nc1Nc1cccc(CC)c1. The van der Waals surface area contributed by atoms with E-state index >= 15 is 0 Å². The average molecular weight is 321 g/mol. The summed E-state index contributed by atoms with van der Waals surface area (Å²) in [6.07, 6.45) is 0.934. The maximum absolute atomic E-state index is 12.3. The van der Waals surface area contributed by atoms with Gasteiger partial charge in [0, 0.05) is 5.69 Å². The van der Waals surface area contributed by atoms with E-state index in [2.05, 4.69) is 28.3 Å². The molecule has 0 aliphatic heterocycles. The van der Waals surface area contributed by atoms with Crippen LogP contribution >= 0.6 is 0 Å². The summed E-state index contributed by atoms with van der Waals surface area (Å²) in [5.41, 5.74) is 3.64. The van der Waals surface area contributed by atoms with Crippen LogP contribution in [-0.2, 0) is 11.2 Å². The van der Waals surface area contributed by atoms with Gasteiger partial charge in [-0.1, -0.05) is 31.2 Å². The minimum Gasteiger partial charge on any atom is -0.461 e. The Morgan fingerprint density at radius 1 is 1.04 bits per heavy atom. The maximum atomic E-state index is 12.3. The molecule has 3 aromatic rings. The fraction of sp³-hybridized carbons (Fsp3) is 0.211. The highest BCUT2D eigenvalue weighted by molar-refractivity contribution is 5.96. The zero-order valence-electron chi connectivity index (χ0n) is 13.7. The Hall–Kier alpha value is -2.95. The van der Waals surface area contributed by atoms with Crippen molar-refractivity contribution in [2.45, 2.75) is 20.3 Å². The van der Waals surface area contributed by atoms with E-state index < -0.39 is 5.97 Å². The first-order chi connectivity index (χ1) is 11.7. The molecule has 3 rings (SSSR count). The molecule has 0 radical (unpaired) electrons. The molecule has 1 aromatic heterocycles. The lowest BCUT2D eigenvalue weighted by atomic mass is 10.1. The normalized spacial score (nSPS) is 10.6. The van der Waals surface area contributed by atoms with Gasteiger partial charge in [-0.2, -0.15) is 0 Å². The lowest BCUT2D eigenvalue weighted by Crippen LogP contribution is -2.12. The second-order valence-corrected chi connectivity index (χ2v) is 5.31. The Bertz CT molecular complexity index is 877. The van der Waals surface area contributed by atoms with E-state index in [4.69, 9.17) is 4.74 Å². The number of aryl methyl sites for hydroxylation is 1. The van der Waals surface area contributed by atoms with Crippen LogP contribution in [0.3, 0.4) is 0 Å². The summed E-state index contributed by atoms with van der Waals surface area (Å²) < 4.78 is 5.12. The van der Waals surface area contributed by atoms with Crippen LogP contribution in [0.25, 0.3) is 11.0 Å². The molecule has 0 bridgehead atoms. The molecule has 1 N–H and O–H groups in total. The van der Waals surface area contributed by atoms with Gasteiger partial charge in [-0.25, -0.2) is 14.8 Å². The fourth-order valence-electron chi connectivity index (χ4n) is 2.43. The molecule has 0 aliphatic rings. The highest BCUT2D eigenvalue weighted by Gasteiger charge is 2.18. The van der Waals surface area contributed by atoms with Crippen LogP contribution in [0, 0.1) is 0 Å². The van der Waals surface area contributed by atoms with Crippen molar-refractivity contribution in [2.75, 3.05) is 11.9 Å². The van der Waals surface area contributed by atoms with Crippen LogP contribution in [0.15, 0.2) is 48.5 Å². The van der Waals surface area contributed by atoms with E-state index in [-0.39, 0.29) is 12.3 Å². The van der Waals surface area contributed by atoms with E-state index in [1.165, 1.54) is 5.56 Å². The van der Waals surface area contributed by atoms with Gasteiger partial charge in [0.25, 0.3) is 0 Å². The fourth-order valence-corrected chi connectivity index (χ4v) is 2.43. The number of hydrogen-bond donors (Lipinski definition) is 1. The molecule has 0 amide bonds. The smallest absolute Gasteiger partial charge is 0.360 e. The van der Waals surface area contributed by atoms with Crippen molar-refractivity contribution in [3.63, 3.8) is 0 Å². The van der Waals surface area contributed by atoms with Gasteiger partial charge in [0.2, 0.25) is 0 Å². The summed E-state index contributed by atoms with van der Waals surface area (Å²) in [5.74, 6) is -0.0784. The molecule has 0 fully saturated rings. The van der Waals surface area contributed by atoms with Gasteiger partial charge in [-0.15, -0.1) is 0 Å². The number of anilines is 2. The number of aromatic nitrogens is 2. The number of nitrogens with one attached hydrogen (secondary N) is 1. The Labute approximate surface area is 140 Å². The lowest BCUT2D eigenvalue weighted by Gasteiger charge is -2.12. The minimum absolute atomic E-state index is 0.192. The molecule has 0 aliphatic carbocycles. The number of esters is 1. The Morgan fingerprint density at radius 3 is 2.50 bits per heavy atom. The van der Waals surface area contributed by atoms with E-state index in [1.807, 2.05) is 42.5 Å². The van der Waals surface area contributed by atoms with E-state index in [0.29, 0.717) is 11.3 Å². The molecule has 0 spiro atoms. The van der Waals surface area contributed by atoms with Crippen LogP contribution in [0.2, 0.25) is 0 Å². The predicted octanol–water partition coefficient (Wildman–Crippen LogP) is 4.11. The first-order valence-corrected chi connectivity index (χ1v) is 8.01. The topological polar surface area (TPSA) is 64.1 Å². The lowest BCUT2D eigenvalue weighted by molar-refractivity contribution is 0.0521. The number of fused-ring (bicyclic) bond motifs is 1. The maximum Gasteiger partial charge on any atom is 0.360 e. The van der Waals surface area contributed by atoms with Crippen molar-refractivity contribution in [3.05, 3.63) is 59.8 Å². The number of carbonyl (C=O) groups is 1. The molecule has 0 saturated heterocycles. The van der Waals surface area contributed by atoms with Gasteiger partial charge >= 0.3 is 5.97 Å². The molecular formula is C19H19N3O2. The molecule has 2 aromatic carbocycles. The van der Waals surface area contributed by atoms with Gasteiger partial charge in [-0.05, 0) is 43.2 Å². The summed E-state index contributed by atoms with van der Waals surface area (Å²) in [6, 6.07) is 15.4. The average Bonchev–Trinajstić information content (AvgIpc) is 2.61. The van der Waals surface area contributed by atoms with E-state index in [9.17, 15) is 4.79 Å². The van der Waals surface area contributed by atoms with Crippen molar-refractivity contribution in [3.8, 4) is 0 Å². The Balaban J connectivity index is 2.06. The quantitative estimate of drug-likeness (QED) is 0.716. The molecule has 122 valence electrons. The first-order valence-electron chi connectivity index (χ1n) is 8.01. The number of para-hydroxylation sites is 2. The number of rotatable bonds is 5. The minimum atomic E-state index is -0.482. The zero-order valence-corrected chi connectivity index (χ0v) is 13.7. The largest absolute Gasteiger partial charge is 0.461 e. The van der Waals surface area contributed by atoms with Crippen LogP contribution in [0.5, 0.6) is 0 Å². The zero-order chi connectivity index (χ0) is 16.9. The standard InChI is InChI=1S/C19H19N3O2/c1-3-13-8-7-9-14(12-13)20-18-17(19(23)24-4-2)21-15-10-5-6-11-16(15)22-18/h5-12H,3-4H2,1-2H3,(H,20,22). The van der Waals surface area contributed by atoms with Crippen LogP contribution in [0.4, 0.5) is 11.5 Å². The number of carbonyl (C=O) groups excluding carboxylic acids is 1. The number of ether oxygens (including phenoxy) is 1. The van der Waals surface area contributed by atoms with Crippen LogP contribution in [0.1, 0.15) is 29.9 Å². The van der Waals surface area contributed by atoms with Crippen molar-refractivity contribution in [1.29, 1.82) is 0 Å². The molecule has 0 unspecified atom stereocenters. The van der Waals surface area contributed by atoms with Crippen LogP contribution < -0.4 is 5.32 Å². The third kappa shape index (κ3) is 3.35. The van der Waals surface area contributed by atoms with Crippen LogP contribution in [-0.4, -0.2) is 22.5 Å². The van der Waals surface area contributed by atoms with Gasteiger partial charge < -0.3 is 10.1 Å². The summed E-state index contributed by atoms with van der Waals surface area (Å²) in [4.78, 5) is 21.2. The second kappa shape index (κ2) is 7.08. The number of benzene rings is 2. The summed E-state index contributed by atoms with van der Waals surface area (Å²) in [5, 5.41) is 3.20. The molecule has 1 heterocycles. The third-order valence-corrected chi connectivity index (χ3v) is 3.64. The van der Waals surface area contributed by atoms with Gasteiger partial charge in [0.05, 0.1) is 17.6 Å². The summed E-state index contributed by atoms with van der Waals surface area (Å²) in [7, 11) is 0. The van der Waals surface area contributed by atoms with Gasteiger partial charge in [0.15, 0.2) is 11.5 Å². The Morgan fingerprint density at radius 2 is 1.79 bits per heavy atom. The van der Waals surface area contributed by atoms with Crippen molar-refractivity contribution >= 4 is 28.5 Å². The van der Waals surface area contributed by atoms with Crippen molar-refractivity contribution in [1.82, 2.24) is 9.97 Å². The molecule has 0 saturated carbocycles. The number of nitrogens with zero attached hydrogens (tertiary/aromatic N) is 2. The second-order valence-electron chi connectivity index (χ2n) is 5.31. The van der Waals surface area contributed by atoms with Crippen molar-refractivity contribution in [2.24, 2.45) is 0 Å². The third-order valence-electron chi connectivity index (χ3n) is 3.64. The molecule has 5 heteroatoms. The molecule has 5 nitrogen and oxygen atoms in total. The van der Waals surface area contributed by atoms with E-state index in [1.54, 1.807) is 6.92 Å². The monoisotopic (exact) mass is 321 g/mol. The predicted molar refractivity (Wildman–Crippen MR) is 94.6 cm³/mol. The highest BCUT2D eigenvalue weighted by atomic mass is 16.5. The number of hydrogen-bond acceptors (Lipinski definition) is 5. The molecule has 0 atom stereocenters. The summed E-state index contributed by atoms with van der Waals surface area (Å²) >= 11 is 0. The van der Waals surface area contributed by atoms with Crippen molar-refractivity contribution < 1.29 is 9.53 Å². The first kappa shape index (κ1) is 15.9.